The Hall–Kier alpha value is -0.350. The molecule has 0 bridgehead atoms. The predicted molar refractivity (Wildman–Crippen MR) is 62.7 cm³/mol. The lowest BCUT2D eigenvalue weighted by molar-refractivity contribution is 0.339. The van der Waals surface area contributed by atoms with E-state index in [0.29, 0.717) is 17.6 Å². The van der Waals surface area contributed by atoms with E-state index in [1.807, 2.05) is 18.5 Å². The van der Waals surface area contributed by atoms with Gasteiger partial charge >= 0.3 is 0 Å². The molecular weight excluding hydrogens is 202 g/mol. The number of thioether (sulfide) groups is 1. The van der Waals surface area contributed by atoms with Crippen LogP contribution in [0, 0.1) is 5.92 Å². The Morgan fingerprint density at radius 2 is 2.69 bits per heavy atom. The summed E-state index contributed by atoms with van der Waals surface area (Å²) < 4.78 is 5.13. The van der Waals surface area contributed by atoms with Crippen LogP contribution in [0.2, 0.25) is 0 Å². The quantitative estimate of drug-likeness (QED) is 0.532. The molecule has 1 aliphatic heterocycles. The molecule has 0 N–H and O–H groups in total. The van der Waals surface area contributed by atoms with Gasteiger partial charge in [-0.2, -0.15) is 0 Å². The van der Waals surface area contributed by atoms with Crippen molar-refractivity contribution in [1.29, 1.82) is 0 Å². The van der Waals surface area contributed by atoms with Crippen molar-refractivity contribution in [2.24, 2.45) is 10.9 Å². The maximum absolute atomic E-state index is 5.13. The molecule has 0 aliphatic carbocycles. The lowest BCUT2D eigenvalue weighted by atomic mass is 10.1. The second-order valence-electron chi connectivity index (χ2n) is 2.68. The van der Waals surface area contributed by atoms with E-state index in [9.17, 15) is 0 Å². The summed E-state index contributed by atoms with van der Waals surface area (Å²) in [4.78, 5) is 4.19. The summed E-state index contributed by atoms with van der Waals surface area (Å²) in [5.74, 6) is 1.60. The normalized spacial score (nSPS) is 22.1. The van der Waals surface area contributed by atoms with Gasteiger partial charge in [0, 0.05) is 18.2 Å². The molecule has 0 aromatic carbocycles. The highest BCUT2D eigenvalue weighted by molar-refractivity contribution is 8.12. The molecular formula is C9H13NOS2. The van der Waals surface area contributed by atoms with Gasteiger partial charge in [0.2, 0.25) is 0 Å². The summed E-state index contributed by atoms with van der Waals surface area (Å²) in [6, 6.07) is 0. The molecule has 0 aromatic heterocycles. The average Bonchev–Trinajstić information content (AvgIpc) is 2.17. The number of ether oxygens (including phenoxy) is 1. The van der Waals surface area contributed by atoms with Crippen LogP contribution in [0.15, 0.2) is 17.1 Å². The second-order valence-corrected chi connectivity index (χ2v) is 3.95. The highest BCUT2D eigenvalue weighted by Gasteiger charge is 2.06. The minimum atomic E-state index is 0.508. The molecule has 1 rings (SSSR count). The van der Waals surface area contributed by atoms with Crippen molar-refractivity contribution in [1.82, 2.24) is 0 Å². The van der Waals surface area contributed by atoms with E-state index in [1.165, 1.54) is 0 Å². The molecule has 72 valence electrons. The average molecular weight is 215 g/mol. The zero-order chi connectivity index (χ0) is 9.52. The van der Waals surface area contributed by atoms with Gasteiger partial charge in [-0.1, -0.05) is 6.08 Å². The first kappa shape index (κ1) is 10.7. The Labute approximate surface area is 88.5 Å². The highest BCUT2D eigenvalue weighted by Crippen LogP contribution is 2.13. The molecule has 1 unspecified atom stereocenters. The van der Waals surface area contributed by atoms with Crippen LogP contribution in [0.1, 0.15) is 6.92 Å². The number of hydrogen-bond donors (Lipinski definition) is 0. The molecule has 4 heteroatoms. The first-order chi connectivity index (χ1) is 6.33. The molecule has 0 saturated heterocycles. The zero-order valence-electron chi connectivity index (χ0n) is 7.60. The van der Waals surface area contributed by atoms with Crippen LogP contribution >= 0.6 is 24.0 Å². The van der Waals surface area contributed by atoms with Crippen LogP contribution in [0.25, 0.3) is 0 Å². The molecule has 13 heavy (non-hydrogen) atoms. The molecule has 0 spiro atoms. The van der Waals surface area contributed by atoms with Gasteiger partial charge in [-0.3, -0.25) is 4.99 Å². The fourth-order valence-electron chi connectivity index (χ4n) is 0.972. The molecule has 0 fully saturated rings. The van der Waals surface area contributed by atoms with Crippen LogP contribution in [0.3, 0.4) is 0 Å². The van der Waals surface area contributed by atoms with Gasteiger partial charge in [0.05, 0.1) is 12.2 Å². The fraction of sp³-hybridized carbons (Fsp3) is 0.556. The third-order valence-corrected chi connectivity index (χ3v) is 2.76. The first-order valence-corrected chi connectivity index (χ1v) is 5.73. The van der Waals surface area contributed by atoms with E-state index in [2.05, 4.69) is 11.1 Å². The predicted octanol–water partition coefficient (Wildman–Crippen LogP) is 2.30. The Bertz CT molecular complexity index is 226. The minimum Gasteiger partial charge on any atom is -0.484 e. The van der Waals surface area contributed by atoms with Crippen LogP contribution in [0.5, 0.6) is 0 Å². The van der Waals surface area contributed by atoms with Gasteiger partial charge in [0.1, 0.15) is 0 Å². The second kappa shape index (κ2) is 6.16. The maximum atomic E-state index is 5.13. The summed E-state index contributed by atoms with van der Waals surface area (Å²) >= 11 is 6.71. The summed E-state index contributed by atoms with van der Waals surface area (Å²) in [5, 5.41) is 0.571. The highest BCUT2D eigenvalue weighted by atomic mass is 32.2. The molecule has 0 radical (unpaired) electrons. The molecule has 0 amide bonds. The smallest absolute Gasteiger partial charge is 0.183 e. The number of rotatable bonds is 3. The summed E-state index contributed by atoms with van der Waals surface area (Å²) in [7, 11) is 0. The van der Waals surface area contributed by atoms with Crippen molar-refractivity contribution in [2.45, 2.75) is 6.92 Å². The number of nitrogens with zero attached hydrogens (tertiary/aromatic N) is 1. The summed E-state index contributed by atoms with van der Waals surface area (Å²) in [5.41, 5.74) is 1.91. The van der Waals surface area contributed by atoms with Crippen molar-refractivity contribution in [2.75, 3.05) is 18.9 Å². The van der Waals surface area contributed by atoms with Crippen molar-refractivity contribution >= 4 is 34.6 Å². The van der Waals surface area contributed by atoms with Crippen LogP contribution < -0.4 is 0 Å². The van der Waals surface area contributed by atoms with Gasteiger partial charge < -0.3 is 4.74 Å². The Balaban J connectivity index is 2.30. The van der Waals surface area contributed by atoms with Crippen LogP contribution in [0.4, 0.5) is 0 Å². The molecule has 0 aromatic rings. The first-order valence-electron chi connectivity index (χ1n) is 4.27. The SMILES string of the molecule is CCOC(=S)/C=C/C1CN=CSC1. The van der Waals surface area contributed by atoms with E-state index in [0.717, 1.165) is 12.3 Å². The van der Waals surface area contributed by atoms with E-state index in [4.69, 9.17) is 17.0 Å². The largest absolute Gasteiger partial charge is 0.484 e. The summed E-state index contributed by atoms with van der Waals surface area (Å²) in [6.07, 6.45) is 3.95. The minimum absolute atomic E-state index is 0.508. The van der Waals surface area contributed by atoms with Crippen LogP contribution in [-0.2, 0) is 4.74 Å². The number of hydrogen-bond acceptors (Lipinski definition) is 4. The topological polar surface area (TPSA) is 21.6 Å². The molecule has 1 aliphatic rings. The van der Waals surface area contributed by atoms with E-state index >= 15 is 0 Å². The van der Waals surface area contributed by atoms with Gasteiger partial charge in [-0.05, 0) is 25.2 Å². The van der Waals surface area contributed by atoms with Gasteiger partial charge in [0.15, 0.2) is 5.05 Å². The third kappa shape index (κ3) is 4.43. The summed E-state index contributed by atoms with van der Waals surface area (Å²) in [6.45, 7) is 3.44. The Morgan fingerprint density at radius 3 is 3.31 bits per heavy atom. The molecule has 2 nitrogen and oxygen atoms in total. The van der Waals surface area contributed by atoms with Crippen molar-refractivity contribution in [3.05, 3.63) is 12.2 Å². The van der Waals surface area contributed by atoms with Crippen molar-refractivity contribution in [3.63, 3.8) is 0 Å². The van der Waals surface area contributed by atoms with Crippen molar-refractivity contribution in [3.8, 4) is 0 Å². The number of aliphatic imine (C=N–C) groups is 1. The van der Waals surface area contributed by atoms with E-state index < -0.39 is 0 Å². The van der Waals surface area contributed by atoms with Crippen LogP contribution in [-0.4, -0.2) is 29.5 Å². The van der Waals surface area contributed by atoms with Gasteiger partial charge in [0.25, 0.3) is 0 Å². The number of thiocarbonyl (C=S) groups is 1. The van der Waals surface area contributed by atoms with Crippen molar-refractivity contribution < 1.29 is 4.74 Å². The van der Waals surface area contributed by atoms with Gasteiger partial charge in [-0.25, -0.2) is 0 Å². The lowest BCUT2D eigenvalue weighted by Gasteiger charge is -2.11. The monoisotopic (exact) mass is 215 g/mol. The molecule has 0 saturated carbocycles. The van der Waals surface area contributed by atoms with E-state index in [1.54, 1.807) is 11.8 Å². The Kier molecular flexibility index (Phi) is 5.08. The van der Waals surface area contributed by atoms with Gasteiger partial charge in [-0.15, -0.1) is 11.8 Å². The maximum Gasteiger partial charge on any atom is 0.183 e. The zero-order valence-corrected chi connectivity index (χ0v) is 9.24. The lowest BCUT2D eigenvalue weighted by Crippen LogP contribution is -2.09. The Morgan fingerprint density at radius 1 is 1.85 bits per heavy atom. The molecule has 1 heterocycles. The standard InChI is InChI=1S/C9H13NOS2/c1-2-11-9(12)4-3-8-5-10-7-13-6-8/h3-4,7-8H,2,5-6H2,1H3/b4-3+. The third-order valence-electron chi connectivity index (χ3n) is 1.59. The fourth-order valence-corrected chi connectivity index (χ4v) is 1.91. The molecule has 1 atom stereocenters. The van der Waals surface area contributed by atoms with E-state index in [-0.39, 0.29) is 0 Å².